The number of aromatic nitrogens is 2. The van der Waals surface area contributed by atoms with E-state index in [2.05, 4.69) is 31.1 Å². The van der Waals surface area contributed by atoms with Crippen molar-refractivity contribution in [2.24, 2.45) is 5.16 Å². The van der Waals surface area contributed by atoms with Crippen molar-refractivity contribution in [2.75, 3.05) is 0 Å². The molecule has 1 N–H and O–H groups in total. The Morgan fingerprint density at radius 2 is 2.09 bits per heavy atom. The maximum atomic E-state index is 14.0. The molecule has 3 aromatic rings. The number of oxime groups is 1. The average Bonchev–Trinajstić information content (AvgIpc) is 2.58. The van der Waals surface area contributed by atoms with E-state index in [1.807, 2.05) is 37.3 Å². The lowest BCUT2D eigenvalue weighted by atomic mass is 9.91. The van der Waals surface area contributed by atoms with Gasteiger partial charge in [-0.1, -0.05) is 24.2 Å². The van der Waals surface area contributed by atoms with Crippen LogP contribution >= 0.6 is 15.9 Å². The molecule has 0 amide bonds. The summed E-state index contributed by atoms with van der Waals surface area (Å²) >= 11 is 3.26. The normalized spacial score (nSPS) is 13.3. The van der Waals surface area contributed by atoms with Crippen LogP contribution in [0.1, 0.15) is 24.0 Å². The topological polar surface area (TPSA) is 58.4 Å². The average molecular weight is 374 g/mol. The molecule has 0 spiro atoms. The number of nitrogens with zero attached hydrogens (tertiary/aromatic N) is 3. The van der Waals surface area contributed by atoms with Gasteiger partial charge in [0.25, 0.3) is 0 Å². The fourth-order valence-electron chi connectivity index (χ4n) is 2.50. The fraction of sp³-hybridized carbons (Fsp3) is 0.118. The van der Waals surface area contributed by atoms with Crippen LogP contribution in [0.5, 0.6) is 0 Å². The molecular weight excluding hydrogens is 361 g/mol. The number of hydrogen-bond acceptors (Lipinski definition) is 4. The number of benzene rings is 1. The highest BCUT2D eigenvalue weighted by Crippen LogP contribution is 2.26. The lowest BCUT2D eigenvalue weighted by molar-refractivity contribution is 0.317. The second-order valence-electron chi connectivity index (χ2n) is 5.15. The van der Waals surface area contributed by atoms with Gasteiger partial charge < -0.3 is 5.21 Å². The third-order valence-electron chi connectivity index (χ3n) is 3.73. The van der Waals surface area contributed by atoms with Crippen molar-refractivity contribution in [3.63, 3.8) is 0 Å². The van der Waals surface area contributed by atoms with Gasteiger partial charge >= 0.3 is 0 Å². The van der Waals surface area contributed by atoms with Gasteiger partial charge in [0.15, 0.2) is 0 Å². The van der Waals surface area contributed by atoms with Crippen LogP contribution in [-0.2, 0) is 0 Å². The van der Waals surface area contributed by atoms with Gasteiger partial charge in [0.1, 0.15) is 0 Å². The number of rotatable bonds is 3. The molecule has 23 heavy (non-hydrogen) atoms. The molecule has 1 atom stereocenters. The molecule has 3 rings (SSSR count). The molecule has 116 valence electrons. The zero-order valence-corrected chi connectivity index (χ0v) is 13.8. The minimum atomic E-state index is -0.671. The Balaban J connectivity index is 2.05. The van der Waals surface area contributed by atoms with E-state index in [-0.39, 0.29) is 17.2 Å². The molecule has 0 saturated heterocycles. The van der Waals surface area contributed by atoms with Crippen LogP contribution in [0.15, 0.2) is 58.4 Å². The third-order valence-corrected chi connectivity index (χ3v) is 4.16. The van der Waals surface area contributed by atoms with Gasteiger partial charge in [0, 0.05) is 28.2 Å². The second kappa shape index (κ2) is 6.42. The molecule has 1 aromatic carbocycles. The molecule has 1 unspecified atom stereocenters. The van der Waals surface area contributed by atoms with Gasteiger partial charge in [0.05, 0.1) is 16.8 Å². The van der Waals surface area contributed by atoms with E-state index in [0.29, 0.717) is 4.47 Å². The Kier molecular flexibility index (Phi) is 4.34. The molecule has 0 saturated carbocycles. The Morgan fingerprint density at radius 3 is 2.87 bits per heavy atom. The first-order chi connectivity index (χ1) is 11.1. The summed E-state index contributed by atoms with van der Waals surface area (Å²) in [4.78, 5) is 7.93. The summed E-state index contributed by atoms with van der Waals surface area (Å²) in [5.74, 6) is -0.981. The SMILES string of the molecule is CC(/C(=N/O)c1cc(Br)cnc1F)c1ccc2ncccc2c1. The number of fused-ring (bicyclic) bond motifs is 1. The van der Waals surface area contributed by atoms with Gasteiger partial charge in [0.2, 0.25) is 5.95 Å². The fourth-order valence-corrected chi connectivity index (χ4v) is 2.83. The first-order valence-corrected chi connectivity index (χ1v) is 7.77. The maximum Gasteiger partial charge on any atom is 0.222 e. The molecule has 0 fully saturated rings. The number of hydrogen-bond donors (Lipinski definition) is 1. The summed E-state index contributed by atoms with van der Waals surface area (Å²) < 4.78 is 14.6. The quantitative estimate of drug-likeness (QED) is 0.318. The van der Waals surface area contributed by atoms with Crippen LogP contribution in [-0.4, -0.2) is 20.9 Å². The lowest BCUT2D eigenvalue weighted by Gasteiger charge is -2.15. The predicted molar refractivity (Wildman–Crippen MR) is 90.4 cm³/mol. The van der Waals surface area contributed by atoms with E-state index in [9.17, 15) is 9.60 Å². The molecule has 0 bridgehead atoms. The largest absolute Gasteiger partial charge is 0.411 e. The molecule has 0 aliphatic carbocycles. The molecular formula is C17H13BrFN3O. The van der Waals surface area contributed by atoms with Crippen LogP contribution in [0.4, 0.5) is 4.39 Å². The maximum absolute atomic E-state index is 14.0. The van der Waals surface area contributed by atoms with E-state index in [0.717, 1.165) is 16.5 Å². The molecule has 2 heterocycles. The first kappa shape index (κ1) is 15.6. The van der Waals surface area contributed by atoms with Crippen LogP contribution in [0.25, 0.3) is 10.9 Å². The summed E-state index contributed by atoms with van der Waals surface area (Å²) in [6.45, 7) is 1.85. The highest BCUT2D eigenvalue weighted by atomic mass is 79.9. The first-order valence-electron chi connectivity index (χ1n) is 6.98. The molecule has 0 aliphatic rings. The number of halogens is 2. The monoisotopic (exact) mass is 373 g/mol. The third kappa shape index (κ3) is 3.07. The summed E-state index contributed by atoms with van der Waals surface area (Å²) in [6, 6.07) is 11.1. The highest BCUT2D eigenvalue weighted by molar-refractivity contribution is 9.10. The van der Waals surface area contributed by atoms with Gasteiger partial charge in [-0.2, -0.15) is 4.39 Å². The van der Waals surface area contributed by atoms with Crippen molar-refractivity contribution < 1.29 is 9.60 Å². The standard InChI is InChI=1S/C17H13BrFN3O/c1-10(11-4-5-15-12(7-11)3-2-6-20-15)16(22-23)14-8-13(18)9-21-17(14)19/h2-10,23H,1H3/b22-16-. The van der Waals surface area contributed by atoms with Crippen LogP contribution in [0, 0.1) is 5.95 Å². The summed E-state index contributed by atoms with van der Waals surface area (Å²) in [5, 5.41) is 13.7. The van der Waals surface area contributed by atoms with Crippen molar-refractivity contribution in [3.8, 4) is 0 Å². The van der Waals surface area contributed by atoms with Gasteiger partial charge in [-0.3, -0.25) is 4.98 Å². The number of pyridine rings is 2. The van der Waals surface area contributed by atoms with Crippen molar-refractivity contribution in [3.05, 3.63) is 70.3 Å². The van der Waals surface area contributed by atoms with Crippen LogP contribution < -0.4 is 0 Å². The van der Waals surface area contributed by atoms with E-state index in [1.54, 1.807) is 12.3 Å². The van der Waals surface area contributed by atoms with Gasteiger partial charge in [-0.25, -0.2) is 4.98 Å². The van der Waals surface area contributed by atoms with E-state index >= 15 is 0 Å². The summed E-state index contributed by atoms with van der Waals surface area (Å²) in [7, 11) is 0. The molecule has 0 aliphatic heterocycles. The van der Waals surface area contributed by atoms with Crippen molar-refractivity contribution in [1.29, 1.82) is 0 Å². The molecule has 6 heteroatoms. The summed E-state index contributed by atoms with van der Waals surface area (Å²) in [6.07, 6.45) is 3.09. The van der Waals surface area contributed by atoms with Crippen LogP contribution in [0.3, 0.4) is 0 Å². The van der Waals surface area contributed by atoms with Crippen molar-refractivity contribution in [2.45, 2.75) is 12.8 Å². The van der Waals surface area contributed by atoms with Crippen molar-refractivity contribution in [1.82, 2.24) is 9.97 Å². The molecule has 4 nitrogen and oxygen atoms in total. The minimum Gasteiger partial charge on any atom is -0.411 e. The van der Waals surface area contributed by atoms with E-state index in [4.69, 9.17) is 0 Å². The summed E-state index contributed by atoms with van der Waals surface area (Å²) in [5.41, 5.74) is 2.17. The van der Waals surface area contributed by atoms with Gasteiger partial charge in [-0.05, 0) is 45.8 Å². The lowest BCUT2D eigenvalue weighted by Crippen LogP contribution is -2.14. The van der Waals surface area contributed by atoms with Gasteiger partial charge in [-0.15, -0.1) is 0 Å². The zero-order chi connectivity index (χ0) is 16.4. The minimum absolute atomic E-state index is 0.167. The Hall–Kier alpha value is -2.34. The van der Waals surface area contributed by atoms with E-state index < -0.39 is 5.95 Å². The predicted octanol–water partition coefficient (Wildman–Crippen LogP) is 4.51. The Morgan fingerprint density at radius 1 is 1.26 bits per heavy atom. The Labute approximate surface area is 140 Å². The van der Waals surface area contributed by atoms with Crippen molar-refractivity contribution >= 4 is 32.5 Å². The second-order valence-corrected chi connectivity index (χ2v) is 6.07. The van der Waals surface area contributed by atoms with E-state index in [1.165, 1.54) is 6.20 Å². The smallest absolute Gasteiger partial charge is 0.222 e. The molecule has 0 radical (unpaired) electrons. The van der Waals surface area contributed by atoms with Crippen LogP contribution in [0.2, 0.25) is 0 Å². The molecule has 2 aromatic heterocycles. The Bertz CT molecular complexity index is 898. The highest BCUT2D eigenvalue weighted by Gasteiger charge is 2.20. The zero-order valence-electron chi connectivity index (χ0n) is 12.2.